The largest absolute Gasteiger partial charge is 0.481 e. The number of carbonyl (C=O) groups is 1. The van der Waals surface area contributed by atoms with E-state index in [-0.39, 0.29) is 11.8 Å². The highest BCUT2D eigenvalue weighted by atomic mass is 16.4. The number of carboxylic acid groups (broad SMARTS) is 1. The molecule has 3 nitrogen and oxygen atoms in total. The highest BCUT2D eigenvalue weighted by Crippen LogP contribution is 2.35. The number of anilines is 1. The van der Waals surface area contributed by atoms with E-state index in [2.05, 4.69) is 43.0 Å². The van der Waals surface area contributed by atoms with Crippen LogP contribution in [-0.2, 0) is 4.79 Å². The van der Waals surface area contributed by atoms with Gasteiger partial charge in [0.15, 0.2) is 0 Å². The minimum atomic E-state index is -0.679. The van der Waals surface area contributed by atoms with Crippen molar-refractivity contribution >= 4 is 11.7 Å². The van der Waals surface area contributed by atoms with Crippen LogP contribution in [0.4, 0.5) is 5.69 Å². The maximum absolute atomic E-state index is 10.8. The fourth-order valence-corrected chi connectivity index (χ4v) is 2.60. The van der Waals surface area contributed by atoms with Crippen molar-refractivity contribution in [3.63, 3.8) is 0 Å². The standard InChI is InChI=1S/C15H21NO2/c1-12-3-5-13(6-4-12)16-9-7-15(2,8-10-16)11-14(17)18/h3-6H,7-11H2,1-2H3,(H,17,18). The molecule has 1 aromatic carbocycles. The van der Waals surface area contributed by atoms with Gasteiger partial charge < -0.3 is 10.0 Å². The molecule has 1 aliphatic rings. The van der Waals surface area contributed by atoms with Crippen LogP contribution in [-0.4, -0.2) is 24.2 Å². The molecule has 3 heteroatoms. The second-order valence-corrected chi connectivity index (χ2v) is 5.70. The fourth-order valence-electron chi connectivity index (χ4n) is 2.60. The van der Waals surface area contributed by atoms with Crippen molar-refractivity contribution in [1.29, 1.82) is 0 Å². The summed E-state index contributed by atoms with van der Waals surface area (Å²) in [6.45, 7) is 6.08. The minimum absolute atomic E-state index is 0.0347. The van der Waals surface area contributed by atoms with Gasteiger partial charge in [0.25, 0.3) is 0 Å². The van der Waals surface area contributed by atoms with Crippen LogP contribution < -0.4 is 4.90 Å². The van der Waals surface area contributed by atoms with Crippen molar-refractivity contribution in [3.8, 4) is 0 Å². The quantitative estimate of drug-likeness (QED) is 0.892. The molecule has 0 aromatic heterocycles. The summed E-state index contributed by atoms with van der Waals surface area (Å²) >= 11 is 0. The first-order chi connectivity index (χ1) is 8.48. The lowest BCUT2D eigenvalue weighted by Crippen LogP contribution is -2.39. The summed E-state index contributed by atoms with van der Waals surface area (Å²) in [5.74, 6) is -0.679. The van der Waals surface area contributed by atoms with Crippen molar-refractivity contribution in [2.24, 2.45) is 5.41 Å². The van der Waals surface area contributed by atoms with Crippen LogP contribution in [0.15, 0.2) is 24.3 Å². The molecule has 1 aliphatic heterocycles. The summed E-state index contributed by atoms with van der Waals surface area (Å²) in [5, 5.41) is 8.93. The fraction of sp³-hybridized carbons (Fsp3) is 0.533. The molecule has 2 rings (SSSR count). The lowest BCUT2D eigenvalue weighted by atomic mass is 9.77. The maximum Gasteiger partial charge on any atom is 0.303 e. The summed E-state index contributed by atoms with van der Waals surface area (Å²) in [4.78, 5) is 13.2. The number of rotatable bonds is 3. The summed E-state index contributed by atoms with van der Waals surface area (Å²) < 4.78 is 0. The van der Waals surface area contributed by atoms with E-state index in [9.17, 15) is 4.79 Å². The molecule has 0 saturated carbocycles. The van der Waals surface area contributed by atoms with E-state index in [0.29, 0.717) is 0 Å². The summed E-state index contributed by atoms with van der Waals surface area (Å²) in [7, 11) is 0. The first kappa shape index (κ1) is 12.9. The zero-order chi connectivity index (χ0) is 13.2. The molecule has 1 fully saturated rings. The number of carboxylic acids is 1. The Kier molecular flexibility index (Phi) is 3.60. The molecule has 1 N–H and O–H groups in total. The van der Waals surface area contributed by atoms with Gasteiger partial charge >= 0.3 is 5.97 Å². The average molecular weight is 247 g/mol. The molecule has 0 unspecified atom stereocenters. The number of aryl methyl sites for hydroxylation is 1. The van der Waals surface area contributed by atoms with Gasteiger partial charge in [-0.05, 0) is 37.3 Å². The van der Waals surface area contributed by atoms with Crippen molar-refractivity contribution in [2.45, 2.75) is 33.1 Å². The number of benzene rings is 1. The van der Waals surface area contributed by atoms with Crippen LogP contribution >= 0.6 is 0 Å². The van der Waals surface area contributed by atoms with Crippen LogP contribution in [0, 0.1) is 12.3 Å². The first-order valence-electron chi connectivity index (χ1n) is 6.52. The van der Waals surface area contributed by atoms with Crippen LogP contribution in [0.5, 0.6) is 0 Å². The number of piperidine rings is 1. The van der Waals surface area contributed by atoms with Gasteiger partial charge in [-0.25, -0.2) is 0 Å². The van der Waals surface area contributed by atoms with Crippen molar-refractivity contribution in [1.82, 2.24) is 0 Å². The van der Waals surface area contributed by atoms with E-state index < -0.39 is 5.97 Å². The number of hydrogen-bond acceptors (Lipinski definition) is 2. The summed E-state index contributed by atoms with van der Waals surface area (Å²) in [5.41, 5.74) is 2.48. The van der Waals surface area contributed by atoms with Gasteiger partial charge in [-0.1, -0.05) is 24.6 Å². The molecule has 0 spiro atoms. The Morgan fingerprint density at radius 1 is 1.28 bits per heavy atom. The van der Waals surface area contributed by atoms with Crippen molar-refractivity contribution in [2.75, 3.05) is 18.0 Å². The predicted molar refractivity (Wildman–Crippen MR) is 73.0 cm³/mol. The molecule has 0 atom stereocenters. The topological polar surface area (TPSA) is 40.5 Å². The summed E-state index contributed by atoms with van der Waals surface area (Å²) in [6.07, 6.45) is 2.19. The van der Waals surface area contributed by atoms with Gasteiger partial charge in [0.2, 0.25) is 0 Å². The Morgan fingerprint density at radius 3 is 2.33 bits per heavy atom. The second kappa shape index (κ2) is 5.01. The van der Waals surface area contributed by atoms with Crippen LogP contribution in [0.1, 0.15) is 31.7 Å². The molecule has 98 valence electrons. The Bertz CT molecular complexity index is 417. The predicted octanol–water partition coefficient (Wildman–Crippen LogP) is 3.08. The third kappa shape index (κ3) is 3.03. The molecule has 1 aromatic rings. The molecule has 1 heterocycles. The Labute approximate surface area is 108 Å². The van der Waals surface area contributed by atoms with Crippen molar-refractivity contribution in [3.05, 3.63) is 29.8 Å². The number of nitrogens with zero attached hydrogens (tertiary/aromatic N) is 1. The zero-order valence-electron chi connectivity index (χ0n) is 11.1. The Hall–Kier alpha value is -1.51. The van der Waals surface area contributed by atoms with E-state index in [0.717, 1.165) is 25.9 Å². The lowest BCUT2D eigenvalue weighted by molar-refractivity contribution is -0.139. The van der Waals surface area contributed by atoms with E-state index in [1.807, 2.05) is 0 Å². The Balaban J connectivity index is 1.98. The normalized spacial score (nSPS) is 18.7. The van der Waals surface area contributed by atoms with Gasteiger partial charge in [-0.2, -0.15) is 0 Å². The monoisotopic (exact) mass is 247 g/mol. The highest BCUT2D eigenvalue weighted by molar-refractivity contribution is 5.67. The van der Waals surface area contributed by atoms with Gasteiger partial charge in [0, 0.05) is 18.8 Å². The molecule has 0 radical (unpaired) electrons. The zero-order valence-corrected chi connectivity index (χ0v) is 11.1. The molecule has 0 aliphatic carbocycles. The van der Waals surface area contributed by atoms with E-state index in [1.165, 1.54) is 11.3 Å². The van der Waals surface area contributed by atoms with E-state index in [4.69, 9.17) is 5.11 Å². The minimum Gasteiger partial charge on any atom is -0.481 e. The maximum atomic E-state index is 10.8. The molecular weight excluding hydrogens is 226 g/mol. The SMILES string of the molecule is Cc1ccc(N2CCC(C)(CC(=O)O)CC2)cc1. The van der Waals surface area contributed by atoms with E-state index in [1.54, 1.807) is 0 Å². The molecular formula is C15H21NO2. The lowest BCUT2D eigenvalue weighted by Gasteiger charge is -2.39. The molecule has 1 saturated heterocycles. The van der Waals surface area contributed by atoms with Crippen LogP contribution in [0.2, 0.25) is 0 Å². The van der Waals surface area contributed by atoms with Crippen LogP contribution in [0.3, 0.4) is 0 Å². The van der Waals surface area contributed by atoms with Gasteiger partial charge in [-0.15, -0.1) is 0 Å². The smallest absolute Gasteiger partial charge is 0.303 e. The number of aliphatic carboxylic acids is 1. The molecule has 0 bridgehead atoms. The van der Waals surface area contributed by atoms with Gasteiger partial charge in [0.1, 0.15) is 0 Å². The third-order valence-corrected chi connectivity index (χ3v) is 3.95. The van der Waals surface area contributed by atoms with Crippen molar-refractivity contribution < 1.29 is 9.90 Å². The first-order valence-corrected chi connectivity index (χ1v) is 6.52. The molecule has 0 amide bonds. The Morgan fingerprint density at radius 2 is 1.83 bits per heavy atom. The highest BCUT2D eigenvalue weighted by Gasteiger charge is 2.32. The average Bonchev–Trinajstić information content (AvgIpc) is 2.30. The number of hydrogen-bond donors (Lipinski definition) is 1. The molecule has 18 heavy (non-hydrogen) atoms. The third-order valence-electron chi connectivity index (χ3n) is 3.95. The van der Waals surface area contributed by atoms with Crippen LogP contribution in [0.25, 0.3) is 0 Å². The van der Waals surface area contributed by atoms with Gasteiger partial charge in [0.05, 0.1) is 6.42 Å². The summed E-state index contributed by atoms with van der Waals surface area (Å²) in [6, 6.07) is 8.55. The van der Waals surface area contributed by atoms with E-state index >= 15 is 0 Å². The van der Waals surface area contributed by atoms with Gasteiger partial charge in [-0.3, -0.25) is 4.79 Å². The second-order valence-electron chi connectivity index (χ2n) is 5.70.